The van der Waals surface area contributed by atoms with Crippen molar-refractivity contribution in [3.05, 3.63) is 29.3 Å². The van der Waals surface area contributed by atoms with Gasteiger partial charge in [0, 0.05) is 25.6 Å². The van der Waals surface area contributed by atoms with E-state index in [4.69, 9.17) is 4.74 Å². The van der Waals surface area contributed by atoms with Crippen LogP contribution in [0.25, 0.3) is 0 Å². The molecule has 3 heteroatoms. The number of nitrogens with zero attached hydrogens (tertiary/aromatic N) is 1. The van der Waals surface area contributed by atoms with Crippen molar-refractivity contribution in [3.8, 4) is 5.75 Å². The van der Waals surface area contributed by atoms with Gasteiger partial charge in [-0.2, -0.15) is 0 Å². The van der Waals surface area contributed by atoms with Crippen LogP contribution in [-0.2, 0) is 13.0 Å². The molecule has 0 amide bonds. The Morgan fingerprint density at radius 2 is 2.30 bits per heavy atom. The highest BCUT2D eigenvalue weighted by molar-refractivity contribution is 5.39. The van der Waals surface area contributed by atoms with Gasteiger partial charge in [0.2, 0.25) is 0 Å². The number of likely N-dealkylation sites (tertiary alicyclic amines) is 1. The summed E-state index contributed by atoms with van der Waals surface area (Å²) in [7, 11) is 0. The molecule has 3 nitrogen and oxygen atoms in total. The van der Waals surface area contributed by atoms with Gasteiger partial charge in [0.05, 0.1) is 6.61 Å². The van der Waals surface area contributed by atoms with Gasteiger partial charge >= 0.3 is 0 Å². The number of hydrogen-bond donors (Lipinski definition) is 1. The number of nitrogens with one attached hydrogen (secondary N) is 1. The minimum atomic E-state index is 0.691. The molecule has 1 N–H and O–H groups in total. The second kappa shape index (κ2) is 6.15. The molecule has 2 aliphatic rings. The highest BCUT2D eigenvalue weighted by atomic mass is 16.5. The fraction of sp³-hybridized carbons (Fsp3) is 0.647. The molecule has 2 heterocycles. The van der Waals surface area contributed by atoms with Crippen LogP contribution in [0.1, 0.15) is 31.4 Å². The third-order valence-corrected chi connectivity index (χ3v) is 4.56. The SMILES string of the molecule is CC(C)N1CCC(CNCc2ccc3c(c2)CCO3)C1. The lowest BCUT2D eigenvalue weighted by Crippen LogP contribution is -2.30. The molecule has 2 aliphatic heterocycles. The van der Waals surface area contributed by atoms with E-state index in [2.05, 4.69) is 42.3 Å². The topological polar surface area (TPSA) is 24.5 Å². The van der Waals surface area contributed by atoms with E-state index in [1.54, 1.807) is 0 Å². The van der Waals surface area contributed by atoms with Crippen LogP contribution in [0.4, 0.5) is 0 Å². The van der Waals surface area contributed by atoms with Gasteiger partial charge in [0.15, 0.2) is 0 Å². The van der Waals surface area contributed by atoms with Gasteiger partial charge in [-0.25, -0.2) is 0 Å². The molecular weight excluding hydrogens is 248 g/mol. The zero-order valence-corrected chi connectivity index (χ0v) is 12.7. The van der Waals surface area contributed by atoms with Crippen LogP contribution in [0.3, 0.4) is 0 Å². The van der Waals surface area contributed by atoms with Gasteiger partial charge in [-0.1, -0.05) is 12.1 Å². The highest BCUT2D eigenvalue weighted by Gasteiger charge is 2.23. The van der Waals surface area contributed by atoms with Gasteiger partial charge in [-0.15, -0.1) is 0 Å². The maximum absolute atomic E-state index is 5.55. The Kier molecular flexibility index (Phi) is 4.27. The Morgan fingerprint density at radius 3 is 3.10 bits per heavy atom. The molecule has 1 aromatic rings. The first-order chi connectivity index (χ1) is 9.72. The maximum atomic E-state index is 5.55. The molecule has 0 aliphatic carbocycles. The summed E-state index contributed by atoms with van der Waals surface area (Å²) < 4.78 is 5.55. The summed E-state index contributed by atoms with van der Waals surface area (Å²) >= 11 is 0. The van der Waals surface area contributed by atoms with Gasteiger partial charge in [-0.05, 0) is 56.5 Å². The van der Waals surface area contributed by atoms with E-state index in [1.807, 2.05) is 0 Å². The molecule has 0 bridgehead atoms. The van der Waals surface area contributed by atoms with E-state index < -0.39 is 0 Å². The largest absolute Gasteiger partial charge is 0.493 e. The van der Waals surface area contributed by atoms with Crippen LogP contribution in [0.2, 0.25) is 0 Å². The van der Waals surface area contributed by atoms with Gasteiger partial charge < -0.3 is 15.0 Å². The molecule has 0 radical (unpaired) electrons. The van der Waals surface area contributed by atoms with Gasteiger partial charge in [0.25, 0.3) is 0 Å². The van der Waals surface area contributed by atoms with Crippen molar-refractivity contribution < 1.29 is 4.74 Å². The molecule has 1 aromatic carbocycles. The van der Waals surface area contributed by atoms with Crippen molar-refractivity contribution in [1.82, 2.24) is 10.2 Å². The molecule has 110 valence electrons. The lowest BCUT2D eigenvalue weighted by Gasteiger charge is -2.20. The van der Waals surface area contributed by atoms with Gasteiger partial charge in [-0.3, -0.25) is 0 Å². The van der Waals surface area contributed by atoms with E-state index in [1.165, 1.54) is 30.6 Å². The average molecular weight is 274 g/mol. The lowest BCUT2D eigenvalue weighted by atomic mass is 10.1. The summed E-state index contributed by atoms with van der Waals surface area (Å²) in [4.78, 5) is 2.58. The van der Waals surface area contributed by atoms with Crippen molar-refractivity contribution >= 4 is 0 Å². The normalized spacial score (nSPS) is 22.2. The monoisotopic (exact) mass is 274 g/mol. The molecule has 1 unspecified atom stereocenters. The van der Waals surface area contributed by atoms with Gasteiger partial charge in [0.1, 0.15) is 5.75 Å². The minimum absolute atomic E-state index is 0.691. The summed E-state index contributed by atoms with van der Waals surface area (Å²) in [5.41, 5.74) is 2.75. The zero-order chi connectivity index (χ0) is 13.9. The van der Waals surface area contributed by atoms with E-state index in [0.717, 1.165) is 37.8 Å². The third-order valence-electron chi connectivity index (χ3n) is 4.56. The molecule has 1 atom stereocenters. The van der Waals surface area contributed by atoms with Crippen LogP contribution in [0, 0.1) is 5.92 Å². The fourth-order valence-corrected chi connectivity index (χ4v) is 3.27. The molecule has 0 saturated carbocycles. The van der Waals surface area contributed by atoms with E-state index in [-0.39, 0.29) is 0 Å². The molecule has 3 rings (SSSR count). The first kappa shape index (κ1) is 13.9. The average Bonchev–Trinajstić information content (AvgIpc) is 3.06. The van der Waals surface area contributed by atoms with E-state index in [0.29, 0.717) is 6.04 Å². The van der Waals surface area contributed by atoms with Crippen LogP contribution < -0.4 is 10.1 Å². The summed E-state index contributed by atoms with van der Waals surface area (Å²) in [6, 6.07) is 7.29. The number of hydrogen-bond acceptors (Lipinski definition) is 3. The molecule has 0 spiro atoms. The van der Waals surface area contributed by atoms with Crippen molar-refractivity contribution in [2.45, 2.75) is 39.3 Å². The predicted molar refractivity (Wildman–Crippen MR) is 82.2 cm³/mol. The number of ether oxygens (including phenoxy) is 1. The first-order valence-electron chi connectivity index (χ1n) is 7.92. The van der Waals surface area contributed by atoms with Crippen molar-refractivity contribution in [3.63, 3.8) is 0 Å². The van der Waals surface area contributed by atoms with Crippen LogP contribution in [0.5, 0.6) is 5.75 Å². The maximum Gasteiger partial charge on any atom is 0.122 e. The van der Waals surface area contributed by atoms with E-state index >= 15 is 0 Å². The Bertz CT molecular complexity index is 458. The molecule has 1 fully saturated rings. The summed E-state index contributed by atoms with van der Waals surface area (Å²) in [5, 5.41) is 3.63. The quantitative estimate of drug-likeness (QED) is 0.892. The smallest absolute Gasteiger partial charge is 0.122 e. The Hall–Kier alpha value is -1.06. The summed E-state index contributed by atoms with van der Waals surface area (Å²) in [5.74, 6) is 1.90. The fourth-order valence-electron chi connectivity index (χ4n) is 3.27. The highest BCUT2D eigenvalue weighted by Crippen LogP contribution is 2.25. The predicted octanol–water partition coefficient (Wildman–Crippen LogP) is 2.44. The molecular formula is C17H26N2O. The van der Waals surface area contributed by atoms with Crippen molar-refractivity contribution in [2.75, 3.05) is 26.2 Å². The Balaban J connectivity index is 1.44. The van der Waals surface area contributed by atoms with Crippen LogP contribution in [-0.4, -0.2) is 37.2 Å². The molecule has 1 saturated heterocycles. The summed E-state index contributed by atoms with van der Waals surface area (Å²) in [6.07, 6.45) is 2.40. The molecule has 20 heavy (non-hydrogen) atoms. The second-order valence-corrected chi connectivity index (χ2v) is 6.41. The number of fused-ring (bicyclic) bond motifs is 1. The van der Waals surface area contributed by atoms with Crippen molar-refractivity contribution in [2.24, 2.45) is 5.92 Å². The Morgan fingerprint density at radius 1 is 1.40 bits per heavy atom. The van der Waals surface area contributed by atoms with Crippen molar-refractivity contribution in [1.29, 1.82) is 0 Å². The zero-order valence-electron chi connectivity index (χ0n) is 12.7. The first-order valence-corrected chi connectivity index (χ1v) is 7.92. The number of rotatable bonds is 5. The lowest BCUT2D eigenvalue weighted by molar-refractivity contribution is 0.264. The Labute approximate surface area is 122 Å². The third kappa shape index (κ3) is 3.15. The number of benzene rings is 1. The molecule has 0 aromatic heterocycles. The minimum Gasteiger partial charge on any atom is -0.493 e. The van der Waals surface area contributed by atoms with Crippen LogP contribution in [0.15, 0.2) is 18.2 Å². The second-order valence-electron chi connectivity index (χ2n) is 6.41. The van der Waals surface area contributed by atoms with E-state index in [9.17, 15) is 0 Å². The van der Waals surface area contributed by atoms with Crippen LogP contribution >= 0.6 is 0 Å². The standard InChI is InChI=1S/C17H26N2O/c1-13(2)19-7-5-15(12-19)11-18-10-14-3-4-17-16(9-14)6-8-20-17/h3-4,9,13,15,18H,5-8,10-12H2,1-2H3. The summed E-state index contributed by atoms with van der Waals surface area (Å²) in [6.45, 7) is 10.1.